The lowest BCUT2D eigenvalue weighted by Gasteiger charge is -2.26. The van der Waals surface area contributed by atoms with Gasteiger partial charge in [-0.25, -0.2) is 0 Å². The van der Waals surface area contributed by atoms with E-state index in [1.807, 2.05) is 59.6 Å². The van der Waals surface area contributed by atoms with Crippen molar-refractivity contribution in [2.24, 2.45) is 0 Å². The van der Waals surface area contributed by atoms with Gasteiger partial charge in [0.1, 0.15) is 0 Å². The molecule has 1 amide bonds. The van der Waals surface area contributed by atoms with Gasteiger partial charge in [-0.1, -0.05) is 72.8 Å². The molecule has 2 aromatic carbocycles. The molecule has 0 aliphatic heterocycles. The molecule has 0 atom stereocenters. The number of carbonyl (C=O) groups is 1. The Labute approximate surface area is 188 Å². The van der Waals surface area contributed by atoms with E-state index >= 15 is 0 Å². The molecule has 0 saturated carbocycles. The van der Waals surface area contributed by atoms with Gasteiger partial charge in [-0.3, -0.25) is 9.78 Å². The first-order chi connectivity index (χ1) is 15.3. The molecule has 4 rings (SSSR count). The number of hydrogen-bond donors (Lipinski definition) is 0. The second kappa shape index (κ2) is 10.7. The molecule has 0 aliphatic carbocycles. The molecular formula is C27H26N2OS. The molecule has 0 aliphatic rings. The Morgan fingerprint density at radius 2 is 1.58 bits per heavy atom. The van der Waals surface area contributed by atoms with Crippen molar-refractivity contribution < 1.29 is 4.79 Å². The maximum absolute atomic E-state index is 13.6. The Morgan fingerprint density at radius 3 is 2.16 bits per heavy atom. The highest BCUT2D eigenvalue weighted by Crippen LogP contribution is 2.29. The Bertz CT molecular complexity index is 1010. The number of carbonyl (C=O) groups excluding carboxylic acids is 1. The SMILES string of the molecule is O=C(CC(c1ccccc1)c1ccccc1)N(CCc1cccs1)Cc1cccnc1. The van der Waals surface area contributed by atoms with Crippen LogP contribution in [0.5, 0.6) is 0 Å². The molecular weight excluding hydrogens is 400 g/mol. The van der Waals surface area contributed by atoms with E-state index in [4.69, 9.17) is 0 Å². The number of benzene rings is 2. The van der Waals surface area contributed by atoms with Crippen LogP contribution in [0.4, 0.5) is 0 Å². The second-order valence-electron chi connectivity index (χ2n) is 7.58. The third-order valence-electron chi connectivity index (χ3n) is 5.44. The number of pyridine rings is 1. The summed E-state index contributed by atoms with van der Waals surface area (Å²) in [5.74, 6) is 0.200. The number of aromatic nitrogens is 1. The van der Waals surface area contributed by atoms with Crippen molar-refractivity contribution in [1.82, 2.24) is 9.88 Å². The maximum Gasteiger partial charge on any atom is 0.223 e. The number of rotatable bonds is 9. The van der Waals surface area contributed by atoms with E-state index in [0.717, 1.165) is 12.0 Å². The molecule has 2 aromatic heterocycles. The molecule has 4 heteroatoms. The Morgan fingerprint density at radius 1 is 0.871 bits per heavy atom. The van der Waals surface area contributed by atoms with Crippen molar-refractivity contribution in [2.75, 3.05) is 6.54 Å². The summed E-state index contributed by atoms with van der Waals surface area (Å²) in [5.41, 5.74) is 3.39. The van der Waals surface area contributed by atoms with Gasteiger partial charge in [0.05, 0.1) is 0 Å². The highest BCUT2D eigenvalue weighted by molar-refractivity contribution is 7.09. The molecule has 0 unspecified atom stereocenters. The maximum atomic E-state index is 13.6. The summed E-state index contributed by atoms with van der Waals surface area (Å²) < 4.78 is 0. The van der Waals surface area contributed by atoms with Crippen LogP contribution in [-0.4, -0.2) is 22.3 Å². The largest absolute Gasteiger partial charge is 0.338 e. The van der Waals surface area contributed by atoms with Crippen molar-refractivity contribution in [3.8, 4) is 0 Å². The molecule has 0 radical (unpaired) electrons. The van der Waals surface area contributed by atoms with Crippen molar-refractivity contribution in [1.29, 1.82) is 0 Å². The highest BCUT2D eigenvalue weighted by atomic mass is 32.1. The summed E-state index contributed by atoms with van der Waals surface area (Å²) in [5, 5.41) is 2.09. The van der Waals surface area contributed by atoms with Crippen LogP contribution in [0.2, 0.25) is 0 Å². The molecule has 4 aromatic rings. The van der Waals surface area contributed by atoms with Crippen LogP contribution >= 0.6 is 11.3 Å². The quantitative estimate of drug-likeness (QED) is 0.332. The minimum atomic E-state index is 0.0352. The lowest BCUT2D eigenvalue weighted by molar-refractivity contribution is -0.132. The smallest absolute Gasteiger partial charge is 0.223 e. The zero-order chi connectivity index (χ0) is 21.3. The monoisotopic (exact) mass is 426 g/mol. The molecule has 2 heterocycles. The minimum absolute atomic E-state index is 0.0352. The van der Waals surface area contributed by atoms with Crippen molar-refractivity contribution in [3.63, 3.8) is 0 Å². The third kappa shape index (κ3) is 5.89. The normalized spacial score (nSPS) is 10.9. The lowest BCUT2D eigenvalue weighted by Crippen LogP contribution is -2.33. The first-order valence-electron chi connectivity index (χ1n) is 10.6. The van der Waals surface area contributed by atoms with Gasteiger partial charge in [0.15, 0.2) is 0 Å². The molecule has 0 fully saturated rings. The second-order valence-corrected chi connectivity index (χ2v) is 8.62. The molecule has 156 valence electrons. The van der Waals surface area contributed by atoms with Crippen LogP contribution in [0.1, 0.15) is 33.9 Å². The van der Waals surface area contributed by atoms with E-state index in [1.54, 1.807) is 17.5 Å². The van der Waals surface area contributed by atoms with Crippen LogP contribution in [0.15, 0.2) is 103 Å². The summed E-state index contributed by atoms with van der Waals surface area (Å²) in [7, 11) is 0. The zero-order valence-electron chi connectivity index (χ0n) is 17.4. The van der Waals surface area contributed by atoms with Gasteiger partial charge in [-0.2, -0.15) is 0 Å². The van der Waals surface area contributed by atoms with Gasteiger partial charge in [0, 0.05) is 42.7 Å². The Balaban J connectivity index is 1.56. The van der Waals surface area contributed by atoms with Crippen LogP contribution in [-0.2, 0) is 17.8 Å². The summed E-state index contributed by atoms with van der Waals surface area (Å²) in [6, 6.07) is 28.8. The Kier molecular flexibility index (Phi) is 7.24. The van der Waals surface area contributed by atoms with E-state index in [1.165, 1.54) is 16.0 Å². The molecule has 3 nitrogen and oxygen atoms in total. The van der Waals surface area contributed by atoms with Crippen LogP contribution < -0.4 is 0 Å². The van der Waals surface area contributed by atoms with Crippen LogP contribution in [0.25, 0.3) is 0 Å². The summed E-state index contributed by atoms with van der Waals surface area (Å²) >= 11 is 1.74. The molecule has 0 N–H and O–H groups in total. The van der Waals surface area contributed by atoms with E-state index < -0.39 is 0 Å². The fourth-order valence-corrected chi connectivity index (χ4v) is 4.50. The van der Waals surface area contributed by atoms with Gasteiger partial charge < -0.3 is 4.90 Å². The average Bonchev–Trinajstić information content (AvgIpc) is 3.35. The fraction of sp³-hybridized carbons (Fsp3) is 0.185. The first-order valence-corrected chi connectivity index (χ1v) is 11.5. The van der Waals surface area contributed by atoms with Gasteiger partial charge in [-0.05, 0) is 40.6 Å². The number of nitrogens with zero attached hydrogens (tertiary/aromatic N) is 2. The van der Waals surface area contributed by atoms with E-state index in [0.29, 0.717) is 19.5 Å². The topological polar surface area (TPSA) is 33.2 Å². The van der Waals surface area contributed by atoms with Gasteiger partial charge >= 0.3 is 0 Å². The zero-order valence-corrected chi connectivity index (χ0v) is 18.2. The van der Waals surface area contributed by atoms with E-state index in [9.17, 15) is 4.79 Å². The fourth-order valence-electron chi connectivity index (χ4n) is 3.81. The molecule has 0 saturated heterocycles. The molecule has 31 heavy (non-hydrogen) atoms. The number of hydrogen-bond acceptors (Lipinski definition) is 3. The number of amides is 1. The van der Waals surface area contributed by atoms with Gasteiger partial charge in [0.25, 0.3) is 0 Å². The van der Waals surface area contributed by atoms with Crippen LogP contribution in [0, 0.1) is 0 Å². The summed E-state index contributed by atoms with van der Waals surface area (Å²) in [6.07, 6.45) is 4.92. The van der Waals surface area contributed by atoms with Crippen molar-refractivity contribution in [2.45, 2.75) is 25.3 Å². The van der Waals surface area contributed by atoms with E-state index in [-0.39, 0.29) is 11.8 Å². The third-order valence-corrected chi connectivity index (χ3v) is 6.38. The van der Waals surface area contributed by atoms with Crippen molar-refractivity contribution in [3.05, 3.63) is 124 Å². The molecule has 0 spiro atoms. The predicted molar refractivity (Wildman–Crippen MR) is 127 cm³/mol. The summed E-state index contributed by atoms with van der Waals surface area (Å²) in [6.45, 7) is 1.28. The number of thiophene rings is 1. The van der Waals surface area contributed by atoms with Gasteiger partial charge in [0.2, 0.25) is 5.91 Å². The lowest BCUT2D eigenvalue weighted by atomic mass is 9.88. The van der Waals surface area contributed by atoms with Crippen LogP contribution in [0.3, 0.4) is 0 Å². The van der Waals surface area contributed by atoms with Gasteiger partial charge in [-0.15, -0.1) is 11.3 Å². The Hall–Kier alpha value is -3.24. The molecule has 0 bridgehead atoms. The van der Waals surface area contributed by atoms with E-state index in [2.05, 4.69) is 46.8 Å². The highest BCUT2D eigenvalue weighted by Gasteiger charge is 2.22. The minimum Gasteiger partial charge on any atom is -0.338 e. The average molecular weight is 427 g/mol. The van der Waals surface area contributed by atoms with Crippen molar-refractivity contribution >= 4 is 17.2 Å². The summed E-state index contributed by atoms with van der Waals surface area (Å²) in [4.78, 5) is 21.1. The first kappa shape index (κ1) is 21.0. The predicted octanol–water partition coefficient (Wildman–Crippen LogP) is 5.94. The standard InChI is InChI=1S/C27H26N2OS/c30-27(19-26(23-10-3-1-4-11-23)24-12-5-2-6-13-24)29(17-15-25-14-8-18-31-25)21-22-9-7-16-28-20-22/h1-14,16,18,20,26H,15,17,19,21H2.